The Kier molecular flexibility index (Phi) is 4.49. The first kappa shape index (κ1) is 16.4. The summed E-state index contributed by atoms with van der Waals surface area (Å²) in [6, 6.07) is 16.3. The second-order valence-corrected chi connectivity index (χ2v) is 6.89. The maximum Gasteiger partial charge on any atom is 0.162 e. The van der Waals surface area contributed by atoms with Gasteiger partial charge in [0.2, 0.25) is 0 Å². The molecule has 4 heteroatoms. The van der Waals surface area contributed by atoms with Crippen molar-refractivity contribution in [3.63, 3.8) is 0 Å². The van der Waals surface area contributed by atoms with Gasteiger partial charge >= 0.3 is 0 Å². The average molecular weight is 321 g/mol. The molecule has 24 heavy (non-hydrogen) atoms. The lowest BCUT2D eigenvalue weighted by atomic mass is 9.87. The molecular formula is C20H23N3O. The highest BCUT2D eigenvalue weighted by atomic mass is 16.3. The third-order valence-corrected chi connectivity index (χ3v) is 4.02. The number of para-hydroxylation sites is 1. The van der Waals surface area contributed by atoms with Gasteiger partial charge in [-0.25, -0.2) is 9.97 Å². The molecule has 1 heterocycles. The van der Waals surface area contributed by atoms with Crippen molar-refractivity contribution in [2.45, 2.75) is 26.2 Å². The highest BCUT2D eigenvalue weighted by molar-refractivity contribution is 5.90. The van der Waals surface area contributed by atoms with Crippen molar-refractivity contribution < 1.29 is 5.11 Å². The second kappa shape index (κ2) is 6.57. The minimum atomic E-state index is 0.0634. The summed E-state index contributed by atoms with van der Waals surface area (Å²) in [6.07, 6.45) is 0. The summed E-state index contributed by atoms with van der Waals surface area (Å²) in [4.78, 5) is 9.36. The standard InChI is InChI=1S/C20H23N3O/c1-20(2,3)15-10-8-14(9-11-15)18-22-17-7-5-4-6-16(17)19(23-18)21-12-13-24/h4-11,24H,12-13H2,1-3H3,(H,21,22,23). The van der Waals surface area contributed by atoms with Crippen molar-refractivity contribution in [2.24, 2.45) is 0 Å². The van der Waals surface area contributed by atoms with Crippen molar-refractivity contribution in [2.75, 3.05) is 18.5 Å². The molecule has 0 radical (unpaired) electrons. The first-order valence-corrected chi connectivity index (χ1v) is 8.21. The molecule has 2 N–H and O–H groups in total. The minimum absolute atomic E-state index is 0.0634. The van der Waals surface area contributed by atoms with Crippen LogP contribution in [0.2, 0.25) is 0 Å². The molecule has 1 aromatic heterocycles. The largest absolute Gasteiger partial charge is 0.395 e. The fraction of sp³-hybridized carbons (Fsp3) is 0.300. The van der Waals surface area contributed by atoms with E-state index in [0.717, 1.165) is 22.3 Å². The first-order valence-electron chi connectivity index (χ1n) is 8.21. The number of fused-ring (bicyclic) bond motifs is 1. The van der Waals surface area contributed by atoms with Crippen LogP contribution in [0.1, 0.15) is 26.3 Å². The zero-order valence-electron chi connectivity index (χ0n) is 14.4. The lowest BCUT2D eigenvalue weighted by Gasteiger charge is -2.19. The third-order valence-electron chi connectivity index (χ3n) is 4.02. The van der Waals surface area contributed by atoms with Crippen LogP contribution in [0.4, 0.5) is 5.82 Å². The van der Waals surface area contributed by atoms with Crippen LogP contribution >= 0.6 is 0 Å². The molecule has 0 atom stereocenters. The van der Waals surface area contributed by atoms with E-state index in [9.17, 15) is 0 Å². The summed E-state index contributed by atoms with van der Waals surface area (Å²) in [5, 5.41) is 13.2. The molecule has 0 bridgehead atoms. The lowest BCUT2D eigenvalue weighted by molar-refractivity contribution is 0.311. The highest BCUT2D eigenvalue weighted by Gasteiger charge is 2.14. The smallest absolute Gasteiger partial charge is 0.162 e. The molecule has 3 rings (SSSR count). The van der Waals surface area contributed by atoms with E-state index in [1.165, 1.54) is 5.56 Å². The van der Waals surface area contributed by atoms with E-state index in [2.05, 4.69) is 55.3 Å². The molecule has 0 fully saturated rings. The fourth-order valence-electron chi connectivity index (χ4n) is 2.63. The predicted octanol–water partition coefficient (Wildman–Crippen LogP) is 4.00. The van der Waals surface area contributed by atoms with Gasteiger partial charge in [0.25, 0.3) is 0 Å². The van der Waals surface area contributed by atoms with Crippen LogP contribution in [-0.4, -0.2) is 28.2 Å². The zero-order chi connectivity index (χ0) is 17.2. The Balaban J connectivity index is 2.05. The topological polar surface area (TPSA) is 58.0 Å². The molecule has 0 amide bonds. The Morgan fingerprint density at radius 2 is 1.67 bits per heavy atom. The van der Waals surface area contributed by atoms with Crippen LogP contribution in [-0.2, 0) is 5.41 Å². The maximum atomic E-state index is 9.09. The summed E-state index contributed by atoms with van der Waals surface area (Å²) >= 11 is 0. The molecule has 124 valence electrons. The number of aliphatic hydroxyl groups excluding tert-OH is 1. The number of rotatable bonds is 4. The molecule has 4 nitrogen and oxygen atoms in total. The molecule has 0 spiro atoms. The quantitative estimate of drug-likeness (QED) is 0.762. The van der Waals surface area contributed by atoms with Gasteiger partial charge < -0.3 is 10.4 Å². The first-order chi connectivity index (χ1) is 11.5. The van der Waals surface area contributed by atoms with E-state index in [1.807, 2.05) is 24.3 Å². The van der Waals surface area contributed by atoms with Crippen LogP contribution in [0.15, 0.2) is 48.5 Å². The molecule has 2 aromatic carbocycles. The van der Waals surface area contributed by atoms with Crippen molar-refractivity contribution in [3.8, 4) is 11.4 Å². The molecule has 0 unspecified atom stereocenters. The number of hydrogen-bond donors (Lipinski definition) is 2. The van der Waals surface area contributed by atoms with E-state index in [0.29, 0.717) is 12.4 Å². The van der Waals surface area contributed by atoms with Gasteiger partial charge in [0, 0.05) is 17.5 Å². The Hall–Kier alpha value is -2.46. The molecule has 0 aliphatic carbocycles. The molecule has 0 saturated carbocycles. The number of anilines is 1. The van der Waals surface area contributed by atoms with Crippen molar-refractivity contribution >= 4 is 16.7 Å². The van der Waals surface area contributed by atoms with Gasteiger partial charge in [0.1, 0.15) is 5.82 Å². The lowest BCUT2D eigenvalue weighted by Crippen LogP contribution is -2.10. The van der Waals surface area contributed by atoms with Crippen molar-refractivity contribution in [3.05, 3.63) is 54.1 Å². The van der Waals surface area contributed by atoms with Crippen molar-refractivity contribution in [1.82, 2.24) is 9.97 Å². The highest BCUT2D eigenvalue weighted by Crippen LogP contribution is 2.27. The maximum absolute atomic E-state index is 9.09. The van der Waals surface area contributed by atoms with Crippen LogP contribution in [0.3, 0.4) is 0 Å². The predicted molar refractivity (Wildman–Crippen MR) is 99.2 cm³/mol. The number of nitrogens with one attached hydrogen (secondary N) is 1. The van der Waals surface area contributed by atoms with E-state index in [1.54, 1.807) is 0 Å². The summed E-state index contributed by atoms with van der Waals surface area (Å²) in [5.41, 5.74) is 3.28. The van der Waals surface area contributed by atoms with Gasteiger partial charge in [-0.2, -0.15) is 0 Å². The zero-order valence-corrected chi connectivity index (χ0v) is 14.4. The van der Waals surface area contributed by atoms with Gasteiger partial charge in [-0.15, -0.1) is 0 Å². The Morgan fingerprint density at radius 1 is 0.958 bits per heavy atom. The van der Waals surface area contributed by atoms with Gasteiger partial charge in [-0.1, -0.05) is 57.2 Å². The van der Waals surface area contributed by atoms with Gasteiger partial charge in [-0.3, -0.25) is 0 Å². The number of nitrogens with zero attached hydrogens (tertiary/aromatic N) is 2. The van der Waals surface area contributed by atoms with Gasteiger partial charge in [0.05, 0.1) is 12.1 Å². The number of aromatic nitrogens is 2. The van der Waals surface area contributed by atoms with Gasteiger partial charge in [0.15, 0.2) is 5.82 Å². The second-order valence-electron chi connectivity index (χ2n) is 6.89. The number of hydrogen-bond acceptors (Lipinski definition) is 4. The van der Waals surface area contributed by atoms with E-state index < -0.39 is 0 Å². The van der Waals surface area contributed by atoms with E-state index >= 15 is 0 Å². The number of aliphatic hydroxyl groups is 1. The summed E-state index contributed by atoms with van der Waals surface area (Å²) in [6.45, 7) is 7.12. The average Bonchev–Trinajstić information content (AvgIpc) is 2.59. The van der Waals surface area contributed by atoms with E-state index in [4.69, 9.17) is 10.1 Å². The molecular weight excluding hydrogens is 298 g/mol. The monoisotopic (exact) mass is 321 g/mol. The van der Waals surface area contributed by atoms with Crippen LogP contribution in [0, 0.1) is 0 Å². The molecule has 0 aliphatic heterocycles. The Bertz CT molecular complexity index is 836. The molecule has 0 saturated heterocycles. The van der Waals surface area contributed by atoms with Crippen LogP contribution in [0.25, 0.3) is 22.3 Å². The van der Waals surface area contributed by atoms with Crippen LogP contribution < -0.4 is 5.32 Å². The Labute approximate surface area is 142 Å². The summed E-state index contributed by atoms with van der Waals surface area (Å²) in [5.74, 6) is 1.44. The minimum Gasteiger partial charge on any atom is -0.395 e. The third kappa shape index (κ3) is 3.39. The SMILES string of the molecule is CC(C)(C)c1ccc(-c2nc(NCCO)c3ccccc3n2)cc1. The summed E-state index contributed by atoms with van der Waals surface area (Å²) < 4.78 is 0. The molecule has 3 aromatic rings. The van der Waals surface area contributed by atoms with Gasteiger partial charge in [-0.05, 0) is 23.1 Å². The van der Waals surface area contributed by atoms with E-state index in [-0.39, 0.29) is 12.0 Å². The number of benzene rings is 2. The van der Waals surface area contributed by atoms with Crippen molar-refractivity contribution in [1.29, 1.82) is 0 Å². The fourth-order valence-corrected chi connectivity index (χ4v) is 2.63. The normalized spacial score (nSPS) is 11.7. The molecule has 0 aliphatic rings. The Morgan fingerprint density at radius 3 is 2.33 bits per heavy atom. The van der Waals surface area contributed by atoms with Crippen LogP contribution in [0.5, 0.6) is 0 Å². The summed E-state index contributed by atoms with van der Waals surface area (Å²) in [7, 11) is 0.